The fraction of sp³-hybridized carbons (Fsp3) is 0.750. The molecule has 1 aromatic heterocycles. The molecule has 24 heavy (non-hydrogen) atoms. The van der Waals surface area contributed by atoms with Gasteiger partial charge in [0.2, 0.25) is 0 Å². The number of hydrogen-bond donors (Lipinski definition) is 2. The van der Waals surface area contributed by atoms with Crippen LogP contribution in [0.2, 0.25) is 0 Å². The number of nitrogens with zero attached hydrogens (tertiary/aromatic N) is 3. The predicted molar refractivity (Wildman–Crippen MR) is 92.2 cm³/mol. The van der Waals surface area contributed by atoms with Crippen LogP contribution in [-0.4, -0.2) is 72.3 Å². The Morgan fingerprint density at radius 3 is 2.83 bits per heavy atom. The van der Waals surface area contributed by atoms with E-state index in [-0.39, 0.29) is 24.3 Å². The molecule has 136 valence electrons. The highest BCUT2D eigenvalue weighted by molar-refractivity contribution is 5.88. The first-order valence-corrected chi connectivity index (χ1v) is 8.43. The largest absolute Gasteiger partial charge is 0.383 e. The standard InChI is InChI=1S/C16H29N5O3/c1-12(20-9-13(2)24-14(3)10-20)7-17-16(22)19-15-8-18-21(11-15)5-6-23-4/h8,11-14H,5-7,9-10H2,1-4H3,(H2,17,19,22)/t12-,13-,14+/m1/s1. The van der Waals surface area contributed by atoms with Gasteiger partial charge in [0.25, 0.3) is 0 Å². The normalized spacial score (nSPS) is 23.0. The molecule has 1 aliphatic rings. The Morgan fingerprint density at radius 2 is 2.17 bits per heavy atom. The molecule has 0 aromatic carbocycles. The lowest BCUT2D eigenvalue weighted by atomic mass is 10.2. The van der Waals surface area contributed by atoms with Crippen molar-refractivity contribution >= 4 is 11.7 Å². The number of rotatable bonds is 7. The Kier molecular flexibility index (Phi) is 7.01. The van der Waals surface area contributed by atoms with E-state index < -0.39 is 0 Å². The summed E-state index contributed by atoms with van der Waals surface area (Å²) < 4.78 is 12.5. The zero-order valence-electron chi connectivity index (χ0n) is 15.0. The van der Waals surface area contributed by atoms with Crippen molar-refractivity contribution in [2.45, 2.75) is 45.6 Å². The quantitative estimate of drug-likeness (QED) is 0.779. The Labute approximate surface area is 143 Å². The summed E-state index contributed by atoms with van der Waals surface area (Å²) in [5, 5.41) is 9.88. The SMILES string of the molecule is COCCn1cc(NC(=O)NC[C@@H](C)N2C[C@@H](C)O[C@@H](C)C2)cn1. The van der Waals surface area contributed by atoms with E-state index in [0.717, 1.165) is 13.1 Å². The number of amides is 2. The summed E-state index contributed by atoms with van der Waals surface area (Å²) in [6, 6.07) is 0.0384. The summed E-state index contributed by atoms with van der Waals surface area (Å²) in [6.07, 6.45) is 3.86. The second-order valence-electron chi connectivity index (χ2n) is 6.38. The number of nitrogens with one attached hydrogen (secondary N) is 2. The third-order valence-corrected chi connectivity index (χ3v) is 4.04. The first-order valence-electron chi connectivity index (χ1n) is 8.43. The van der Waals surface area contributed by atoms with E-state index >= 15 is 0 Å². The molecule has 0 unspecified atom stereocenters. The lowest BCUT2D eigenvalue weighted by Crippen LogP contribution is -2.52. The number of morpholine rings is 1. The Balaban J connectivity index is 1.73. The summed E-state index contributed by atoms with van der Waals surface area (Å²) in [4.78, 5) is 14.4. The Morgan fingerprint density at radius 1 is 1.46 bits per heavy atom. The molecule has 2 rings (SSSR count). The topological polar surface area (TPSA) is 80.7 Å². The summed E-state index contributed by atoms with van der Waals surface area (Å²) in [7, 11) is 1.65. The maximum Gasteiger partial charge on any atom is 0.319 e. The molecule has 1 fully saturated rings. The van der Waals surface area contributed by atoms with Crippen LogP contribution in [0.15, 0.2) is 12.4 Å². The van der Waals surface area contributed by atoms with Crippen LogP contribution in [0, 0.1) is 0 Å². The molecule has 3 atom stereocenters. The smallest absolute Gasteiger partial charge is 0.319 e. The van der Waals surface area contributed by atoms with Crippen molar-refractivity contribution in [2.24, 2.45) is 0 Å². The number of anilines is 1. The summed E-state index contributed by atoms with van der Waals surface area (Å²) in [5.74, 6) is 0. The fourth-order valence-electron chi connectivity index (χ4n) is 2.86. The summed E-state index contributed by atoms with van der Waals surface area (Å²) >= 11 is 0. The molecule has 0 saturated carbocycles. The van der Waals surface area contributed by atoms with Crippen molar-refractivity contribution in [1.82, 2.24) is 20.0 Å². The number of hydrogen-bond acceptors (Lipinski definition) is 5. The van der Waals surface area contributed by atoms with Gasteiger partial charge in [-0.2, -0.15) is 5.10 Å². The highest BCUT2D eigenvalue weighted by Gasteiger charge is 2.25. The molecule has 1 aromatic rings. The van der Waals surface area contributed by atoms with Crippen molar-refractivity contribution in [2.75, 3.05) is 38.7 Å². The third kappa shape index (κ3) is 5.77. The maximum atomic E-state index is 12.0. The van der Waals surface area contributed by atoms with Gasteiger partial charge in [0, 0.05) is 39.0 Å². The van der Waals surface area contributed by atoms with Gasteiger partial charge in [-0.25, -0.2) is 4.79 Å². The first-order chi connectivity index (χ1) is 11.5. The van der Waals surface area contributed by atoms with E-state index in [1.54, 1.807) is 24.2 Å². The molecular formula is C16H29N5O3. The van der Waals surface area contributed by atoms with Crippen LogP contribution in [0.1, 0.15) is 20.8 Å². The molecule has 2 heterocycles. The molecule has 1 saturated heterocycles. The van der Waals surface area contributed by atoms with Gasteiger partial charge in [-0.15, -0.1) is 0 Å². The van der Waals surface area contributed by atoms with Gasteiger partial charge in [-0.05, 0) is 20.8 Å². The van der Waals surface area contributed by atoms with Crippen molar-refractivity contribution in [3.8, 4) is 0 Å². The van der Waals surface area contributed by atoms with Gasteiger partial charge in [0.05, 0.1) is 37.2 Å². The van der Waals surface area contributed by atoms with E-state index in [4.69, 9.17) is 9.47 Å². The van der Waals surface area contributed by atoms with Crippen LogP contribution in [0.5, 0.6) is 0 Å². The number of carbonyl (C=O) groups is 1. The van der Waals surface area contributed by atoms with Crippen LogP contribution in [-0.2, 0) is 16.0 Å². The van der Waals surface area contributed by atoms with Crippen LogP contribution < -0.4 is 10.6 Å². The number of carbonyl (C=O) groups excluding carboxylic acids is 1. The van der Waals surface area contributed by atoms with Gasteiger partial charge >= 0.3 is 6.03 Å². The molecule has 0 radical (unpaired) electrons. The average molecular weight is 339 g/mol. The van der Waals surface area contributed by atoms with Gasteiger partial charge in [-0.1, -0.05) is 0 Å². The summed E-state index contributed by atoms with van der Waals surface area (Å²) in [5.41, 5.74) is 0.671. The number of ether oxygens (including phenoxy) is 2. The number of aromatic nitrogens is 2. The monoisotopic (exact) mass is 339 g/mol. The van der Waals surface area contributed by atoms with Crippen molar-refractivity contribution < 1.29 is 14.3 Å². The second-order valence-corrected chi connectivity index (χ2v) is 6.38. The minimum Gasteiger partial charge on any atom is -0.383 e. The van der Waals surface area contributed by atoms with Crippen LogP contribution in [0.4, 0.5) is 10.5 Å². The zero-order chi connectivity index (χ0) is 17.5. The lowest BCUT2D eigenvalue weighted by Gasteiger charge is -2.38. The van der Waals surface area contributed by atoms with Gasteiger partial charge in [-0.3, -0.25) is 9.58 Å². The predicted octanol–water partition coefficient (Wildman–Crippen LogP) is 1.15. The van der Waals surface area contributed by atoms with E-state index in [1.807, 2.05) is 0 Å². The van der Waals surface area contributed by atoms with Crippen molar-refractivity contribution in [3.63, 3.8) is 0 Å². The fourth-order valence-corrected chi connectivity index (χ4v) is 2.86. The van der Waals surface area contributed by atoms with Gasteiger partial charge in [0.1, 0.15) is 0 Å². The zero-order valence-corrected chi connectivity index (χ0v) is 15.0. The van der Waals surface area contributed by atoms with Crippen molar-refractivity contribution in [1.29, 1.82) is 0 Å². The first kappa shape index (κ1) is 18.7. The minimum absolute atomic E-state index is 0.220. The molecular weight excluding hydrogens is 310 g/mol. The lowest BCUT2D eigenvalue weighted by molar-refractivity contribution is -0.0777. The van der Waals surface area contributed by atoms with Gasteiger partial charge < -0.3 is 20.1 Å². The van der Waals surface area contributed by atoms with Crippen molar-refractivity contribution in [3.05, 3.63) is 12.4 Å². The Bertz CT molecular complexity index is 512. The minimum atomic E-state index is -0.220. The van der Waals surface area contributed by atoms with E-state index in [0.29, 0.717) is 25.4 Å². The molecule has 0 spiro atoms. The molecule has 2 amide bonds. The highest BCUT2D eigenvalue weighted by Crippen LogP contribution is 2.13. The third-order valence-electron chi connectivity index (χ3n) is 4.04. The van der Waals surface area contributed by atoms with Gasteiger partial charge in [0.15, 0.2) is 0 Å². The molecule has 8 nitrogen and oxygen atoms in total. The maximum absolute atomic E-state index is 12.0. The Hall–Kier alpha value is -1.64. The molecule has 0 bridgehead atoms. The average Bonchev–Trinajstić information content (AvgIpc) is 2.97. The van der Waals surface area contributed by atoms with Crippen LogP contribution in [0.25, 0.3) is 0 Å². The molecule has 1 aliphatic heterocycles. The van der Waals surface area contributed by atoms with E-state index in [2.05, 4.69) is 41.4 Å². The highest BCUT2D eigenvalue weighted by atomic mass is 16.5. The number of methoxy groups -OCH3 is 1. The molecule has 2 N–H and O–H groups in total. The summed E-state index contributed by atoms with van der Waals surface area (Å²) in [6.45, 7) is 9.89. The van der Waals surface area contributed by atoms with Crippen LogP contribution >= 0.6 is 0 Å². The number of urea groups is 1. The van der Waals surface area contributed by atoms with Crippen LogP contribution in [0.3, 0.4) is 0 Å². The van der Waals surface area contributed by atoms with E-state index in [1.165, 1.54) is 0 Å². The second kappa shape index (κ2) is 9.00. The molecule has 8 heteroatoms. The molecule has 0 aliphatic carbocycles. The van der Waals surface area contributed by atoms with E-state index in [9.17, 15) is 4.79 Å².